The van der Waals surface area contributed by atoms with Crippen molar-refractivity contribution in [3.8, 4) is 28.3 Å². The highest BCUT2D eigenvalue weighted by Gasteiger charge is 2.39. The molecular weight excluding hydrogens is 576 g/mol. The monoisotopic (exact) mass is 604 g/mol. The fourth-order valence-corrected chi connectivity index (χ4v) is 7.16. The maximum atomic E-state index is 13.3. The first-order chi connectivity index (χ1) is 20.2. The number of amides is 2. The van der Waals surface area contributed by atoms with Gasteiger partial charge in [-0.2, -0.15) is 0 Å². The van der Waals surface area contributed by atoms with Crippen LogP contribution in [0.25, 0.3) is 22.4 Å². The molecule has 10 nitrogen and oxygen atoms in total. The van der Waals surface area contributed by atoms with Crippen molar-refractivity contribution in [2.24, 2.45) is 0 Å². The van der Waals surface area contributed by atoms with Gasteiger partial charge in [-0.3, -0.25) is 9.59 Å². The second kappa shape index (κ2) is 11.3. The number of sulfone groups is 1. The van der Waals surface area contributed by atoms with Gasteiger partial charge in [0.2, 0.25) is 11.8 Å². The number of nitrogens with one attached hydrogen (secondary N) is 1. The molecule has 1 fully saturated rings. The number of methoxy groups -OCH3 is 1. The molecule has 0 spiro atoms. The summed E-state index contributed by atoms with van der Waals surface area (Å²) in [5, 5.41) is 5.15. The number of likely N-dealkylation sites (tertiary alicyclic amines) is 1. The molecule has 0 bridgehead atoms. The highest BCUT2D eigenvalue weighted by molar-refractivity contribution is 7.91. The SMILES string of the molecule is COc1cc(-c2cccc(-c3csc(NC(=O)[C@@H]4CCN4C(=O)c4ccc5c(c4)S(=O)(=O)CCOC5)n3)c2)cc(C)n1. The first-order valence-corrected chi connectivity index (χ1v) is 15.9. The molecule has 1 saturated heterocycles. The van der Waals surface area contributed by atoms with E-state index in [-0.39, 0.29) is 41.2 Å². The average molecular weight is 605 g/mol. The Labute approximate surface area is 247 Å². The van der Waals surface area contributed by atoms with Crippen LogP contribution in [-0.4, -0.2) is 67.2 Å². The van der Waals surface area contributed by atoms with Crippen molar-refractivity contribution in [1.29, 1.82) is 0 Å². The van der Waals surface area contributed by atoms with Gasteiger partial charge in [-0.1, -0.05) is 24.3 Å². The molecule has 42 heavy (non-hydrogen) atoms. The molecule has 0 unspecified atom stereocenters. The number of anilines is 1. The molecule has 4 heterocycles. The average Bonchev–Trinajstić information content (AvgIpc) is 3.36. The Kier molecular flexibility index (Phi) is 7.52. The zero-order valence-electron chi connectivity index (χ0n) is 23.0. The van der Waals surface area contributed by atoms with E-state index < -0.39 is 15.9 Å². The molecule has 2 aromatic carbocycles. The van der Waals surface area contributed by atoms with Gasteiger partial charge in [0.05, 0.1) is 36.7 Å². The molecule has 0 aliphatic carbocycles. The number of hydrogen-bond acceptors (Lipinski definition) is 9. The Hall–Kier alpha value is -4.13. The van der Waals surface area contributed by atoms with Crippen LogP contribution in [0.4, 0.5) is 5.13 Å². The standard InChI is InChI=1S/C30H28N4O6S2/c1-18-12-23(15-27(31-18)39-2)19-4-3-5-20(13-19)24-17-41-30(32-24)33-28(35)25-8-9-34(25)29(36)21-6-7-22-16-40-10-11-42(37,38)26(22)14-21/h3-7,12-15,17,25H,8-11,16H2,1-2H3,(H,32,33,35)/t25-/m0/s1. The summed E-state index contributed by atoms with van der Waals surface area (Å²) in [5.74, 6) is -0.312. The molecule has 1 N–H and O–H groups in total. The van der Waals surface area contributed by atoms with Crippen LogP contribution in [-0.2, 0) is 26.0 Å². The molecular formula is C30H28N4O6S2. The van der Waals surface area contributed by atoms with E-state index in [4.69, 9.17) is 9.47 Å². The number of carbonyl (C=O) groups excluding carboxylic acids is 2. The van der Waals surface area contributed by atoms with Crippen LogP contribution in [0.3, 0.4) is 0 Å². The fraction of sp³-hybridized carbons (Fsp3) is 0.267. The van der Waals surface area contributed by atoms with E-state index in [1.54, 1.807) is 19.2 Å². The van der Waals surface area contributed by atoms with Crippen LogP contribution in [0.1, 0.15) is 28.0 Å². The van der Waals surface area contributed by atoms with Crippen LogP contribution >= 0.6 is 11.3 Å². The highest BCUT2D eigenvalue weighted by Crippen LogP contribution is 2.31. The lowest BCUT2D eigenvalue weighted by molar-refractivity contribution is -0.123. The minimum absolute atomic E-state index is 0.109. The van der Waals surface area contributed by atoms with Gasteiger partial charge in [0, 0.05) is 34.8 Å². The summed E-state index contributed by atoms with van der Waals surface area (Å²) in [6, 6.07) is 15.7. The van der Waals surface area contributed by atoms with E-state index in [0.29, 0.717) is 35.2 Å². The summed E-state index contributed by atoms with van der Waals surface area (Å²) in [5.41, 5.74) is 5.17. The van der Waals surface area contributed by atoms with Gasteiger partial charge in [-0.05, 0) is 54.3 Å². The molecule has 0 saturated carbocycles. The van der Waals surface area contributed by atoms with Crippen molar-refractivity contribution in [3.63, 3.8) is 0 Å². The number of aryl methyl sites for hydroxylation is 1. The summed E-state index contributed by atoms with van der Waals surface area (Å²) < 4.78 is 36.0. The van der Waals surface area contributed by atoms with Crippen molar-refractivity contribution in [2.75, 3.05) is 31.3 Å². The van der Waals surface area contributed by atoms with E-state index >= 15 is 0 Å². The molecule has 2 amide bonds. The van der Waals surface area contributed by atoms with Crippen LogP contribution in [0, 0.1) is 6.92 Å². The normalized spacial score (nSPS) is 17.5. The summed E-state index contributed by atoms with van der Waals surface area (Å²) >= 11 is 1.30. The van der Waals surface area contributed by atoms with Gasteiger partial charge in [-0.25, -0.2) is 18.4 Å². The number of rotatable bonds is 6. The van der Waals surface area contributed by atoms with Gasteiger partial charge >= 0.3 is 0 Å². The third-order valence-electron chi connectivity index (χ3n) is 7.35. The van der Waals surface area contributed by atoms with E-state index in [1.165, 1.54) is 22.3 Å². The lowest BCUT2D eigenvalue weighted by Gasteiger charge is -2.39. The van der Waals surface area contributed by atoms with Gasteiger partial charge in [0.25, 0.3) is 5.91 Å². The summed E-state index contributed by atoms with van der Waals surface area (Å²) in [6.45, 7) is 2.60. The largest absolute Gasteiger partial charge is 0.481 e. The first-order valence-electron chi connectivity index (χ1n) is 13.4. The zero-order chi connectivity index (χ0) is 29.4. The number of benzene rings is 2. The Morgan fingerprint density at radius 1 is 1.07 bits per heavy atom. The lowest BCUT2D eigenvalue weighted by Crippen LogP contribution is -2.56. The number of nitrogens with zero attached hydrogens (tertiary/aromatic N) is 3. The number of thiazole rings is 1. The number of fused-ring (bicyclic) bond motifs is 1. The van der Waals surface area contributed by atoms with Crippen molar-refractivity contribution in [1.82, 2.24) is 14.9 Å². The topological polar surface area (TPSA) is 128 Å². The molecule has 2 aliphatic rings. The fourth-order valence-electron chi connectivity index (χ4n) is 5.05. The smallest absolute Gasteiger partial charge is 0.254 e. The number of aromatic nitrogens is 2. The minimum atomic E-state index is -3.55. The molecule has 6 rings (SSSR count). The predicted molar refractivity (Wildman–Crippen MR) is 158 cm³/mol. The van der Waals surface area contributed by atoms with Crippen molar-refractivity contribution < 1.29 is 27.5 Å². The third-order valence-corrected chi connectivity index (χ3v) is 9.86. The van der Waals surface area contributed by atoms with Crippen LogP contribution in [0.2, 0.25) is 0 Å². The molecule has 4 aromatic rings. The lowest BCUT2D eigenvalue weighted by atomic mass is 10.00. The predicted octanol–water partition coefficient (Wildman–Crippen LogP) is 4.35. The molecule has 12 heteroatoms. The van der Waals surface area contributed by atoms with Crippen molar-refractivity contribution in [2.45, 2.75) is 30.9 Å². The molecule has 1 atom stereocenters. The summed E-state index contributed by atoms with van der Waals surface area (Å²) in [7, 11) is -1.97. The Bertz CT molecular complexity index is 1800. The van der Waals surface area contributed by atoms with Gasteiger partial charge in [0.1, 0.15) is 6.04 Å². The third kappa shape index (κ3) is 5.52. The quantitative estimate of drug-likeness (QED) is 0.344. The van der Waals surface area contributed by atoms with E-state index in [0.717, 1.165) is 22.4 Å². The van der Waals surface area contributed by atoms with Crippen molar-refractivity contribution >= 4 is 38.1 Å². The second-order valence-corrected chi connectivity index (χ2v) is 13.1. The van der Waals surface area contributed by atoms with Crippen LogP contribution < -0.4 is 10.1 Å². The molecule has 0 radical (unpaired) electrons. The number of ether oxygens (including phenoxy) is 2. The summed E-state index contributed by atoms with van der Waals surface area (Å²) in [6.07, 6.45) is 0.504. The number of pyridine rings is 1. The molecule has 216 valence electrons. The maximum Gasteiger partial charge on any atom is 0.254 e. The van der Waals surface area contributed by atoms with Crippen LogP contribution in [0.5, 0.6) is 5.88 Å². The number of carbonyl (C=O) groups is 2. The minimum Gasteiger partial charge on any atom is -0.481 e. The molecule has 2 aliphatic heterocycles. The maximum absolute atomic E-state index is 13.3. The van der Waals surface area contributed by atoms with Gasteiger partial charge in [0.15, 0.2) is 15.0 Å². The van der Waals surface area contributed by atoms with Crippen molar-refractivity contribution in [3.05, 3.63) is 76.8 Å². The number of hydrogen-bond donors (Lipinski definition) is 1. The van der Waals surface area contributed by atoms with Gasteiger partial charge < -0.3 is 19.7 Å². The first kappa shape index (κ1) is 28.0. The van der Waals surface area contributed by atoms with Crippen LogP contribution in [0.15, 0.2) is 64.9 Å². The Morgan fingerprint density at radius 3 is 2.69 bits per heavy atom. The van der Waals surface area contributed by atoms with E-state index in [9.17, 15) is 18.0 Å². The summed E-state index contributed by atoms with van der Waals surface area (Å²) in [4.78, 5) is 36.9. The Balaban J connectivity index is 1.15. The van der Waals surface area contributed by atoms with E-state index in [2.05, 4.69) is 15.3 Å². The van der Waals surface area contributed by atoms with E-state index in [1.807, 2.05) is 48.7 Å². The zero-order valence-corrected chi connectivity index (χ0v) is 24.6. The second-order valence-electron chi connectivity index (χ2n) is 10.1. The Morgan fingerprint density at radius 2 is 1.90 bits per heavy atom. The van der Waals surface area contributed by atoms with Gasteiger partial charge in [-0.15, -0.1) is 11.3 Å². The highest BCUT2D eigenvalue weighted by atomic mass is 32.2. The molecule has 2 aromatic heterocycles.